The first-order valence-corrected chi connectivity index (χ1v) is 8.64. The van der Waals surface area contributed by atoms with Crippen molar-refractivity contribution in [3.63, 3.8) is 0 Å². The number of anilines is 2. The second-order valence-corrected chi connectivity index (χ2v) is 6.82. The van der Waals surface area contributed by atoms with Crippen molar-refractivity contribution in [3.8, 4) is 0 Å². The Bertz CT molecular complexity index is 871. The molecule has 0 aromatic heterocycles. The monoisotopic (exact) mass is 350 g/mol. The lowest BCUT2D eigenvalue weighted by molar-refractivity contribution is -0.122. The molecule has 1 N–H and O–H groups in total. The van der Waals surface area contributed by atoms with Crippen LogP contribution in [-0.4, -0.2) is 24.1 Å². The largest absolute Gasteiger partial charge is 0.326 e. The van der Waals surface area contributed by atoms with Gasteiger partial charge in [0.15, 0.2) is 5.78 Å². The van der Waals surface area contributed by atoms with Crippen LogP contribution < -0.4 is 10.2 Å². The molecule has 0 aliphatic carbocycles. The number of amides is 2. The molecule has 1 saturated heterocycles. The number of ketones is 1. The number of hydrogen-bond acceptors (Lipinski definition) is 3. The minimum absolute atomic E-state index is 0.0200. The summed E-state index contributed by atoms with van der Waals surface area (Å²) in [5.41, 5.74) is 4.25. The van der Waals surface area contributed by atoms with Gasteiger partial charge in [-0.15, -0.1) is 0 Å². The second kappa shape index (κ2) is 7.12. The summed E-state index contributed by atoms with van der Waals surface area (Å²) in [7, 11) is 0. The lowest BCUT2D eigenvalue weighted by Gasteiger charge is -2.19. The van der Waals surface area contributed by atoms with E-state index in [1.54, 1.807) is 29.2 Å². The zero-order chi connectivity index (χ0) is 18.8. The van der Waals surface area contributed by atoms with Gasteiger partial charge in [-0.2, -0.15) is 0 Å². The van der Waals surface area contributed by atoms with E-state index in [-0.39, 0.29) is 24.0 Å². The van der Waals surface area contributed by atoms with Crippen LogP contribution in [0.5, 0.6) is 0 Å². The SMILES string of the molecule is CC(=O)c1ccc(NC(=O)[C@H]2CC(=O)N(c3ccc(C)cc3C)C2)cc1. The van der Waals surface area contributed by atoms with Crippen LogP contribution in [0.15, 0.2) is 42.5 Å². The molecule has 1 fully saturated rings. The first-order chi connectivity index (χ1) is 12.3. The average molecular weight is 350 g/mol. The molecule has 0 bridgehead atoms. The Morgan fingerprint density at radius 3 is 2.38 bits per heavy atom. The molecule has 2 aromatic carbocycles. The molecule has 0 radical (unpaired) electrons. The third kappa shape index (κ3) is 3.67. The average Bonchev–Trinajstić information content (AvgIpc) is 2.97. The summed E-state index contributed by atoms with van der Waals surface area (Å²) in [6, 6.07) is 12.7. The molecular formula is C21H22N2O3. The van der Waals surface area contributed by atoms with Crippen molar-refractivity contribution < 1.29 is 14.4 Å². The maximum absolute atomic E-state index is 12.5. The predicted molar refractivity (Wildman–Crippen MR) is 101 cm³/mol. The maximum Gasteiger partial charge on any atom is 0.229 e. The van der Waals surface area contributed by atoms with Crippen molar-refractivity contribution in [2.24, 2.45) is 5.92 Å². The number of rotatable bonds is 4. The standard InChI is InChI=1S/C21H22N2O3/c1-13-4-9-19(14(2)10-13)23-12-17(11-20(23)25)21(26)22-18-7-5-16(6-8-18)15(3)24/h4-10,17H,11-12H2,1-3H3,(H,22,26)/t17-/m0/s1. The van der Waals surface area contributed by atoms with Crippen LogP contribution in [0.1, 0.15) is 34.8 Å². The zero-order valence-corrected chi connectivity index (χ0v) is 15.2. The molecule has 1 aliphatic rings. The highest BCUT2D eigenvalue weighted by molar-refractivity contribution is 6.04. The Morgan fingerprint density at radius 2 is 1.77 bits per heavy atom. The second-order valence-electron chi connectivity index (χ2n) is 6.82. The van der Waals surface area contributed by atoms with Crippen molar-refractivity contribution in [1.29, 1.82) is 0 Å². The highest BCUT2D eigenvalue weighted by Crippen LogP contribution is 2.29. The fourth-order valence-electron chi connectivity index (χ4n) is 3.26. The molecule has 1 aliphatic heterocycles. The molecule has 2 aromatic rings. The molecule has 2 amide bonds. The van der Waals surface area contributed by atoms with Crippen molar-refractivity contribution in [2.75, 3.05) is 16.8 Å². The van der Waals surface area contributed by atoms with Gasteiger partial charge >= 0.3 is 0 Å². The van der Waals surface area contributed by atoms with Crippen LogP contribution in [0.2, 0.25) is 0 Å². The number of carbonyl (C=O) groups is 3. The molecule has 134 valence electrons. The van der Waals surface area contributed by atoms with Gasteiger partial charge in [0.2, 0.25) is 11.8 Å². The number of nitrogens with zero attached hydrogens (tertiary/aromatic N) is 1. The van der Waals surface area contributed by atoms with E-state index in [4.69, 9.17) is 0 Å². The molecule has 0 unspecified atom stereocenters. The molecule has 0 saturated carbocycles. The van der Waals surface area contributed by atoms with Gasteiger partial charge in [-0.25, -0.2) is 0 Å². The normalized spacial score (nSPS) is 16.7. The molecule has 1 atom stereocenters. The van der Waals surface area contributed by atoms with Crippen LogP contribution in [-0.2, 0) is 9.59 Å². The summed E-state index contributed by atoms with van der Waals surface area (Å²) >= 11 is 0. The van der Waals surface area contributed by atoms with E-state index >= 15 is 0 Å². The smallest absolute Gasteiger partial charge is 0.229 e. The van der Waals surface area contributed by atoms with E-state index < -0.39 is 5.92 Å². The van der Waals surface area contributed by atoms with Gasteiger partial charge in [-0.1, -0.05) is 17.7 Å². The number of aryl methyl sites for hydroxylation is 2. The van der Waals surface area contributed by atoms with Crippen molar-refractivity contribution in [1.82, 2.24) is 0 Å². The maximum atomic E-state index is 12.5. The van der Waals surface area contributed by atoms with E-state index in [1.807, 2.05) is 32.0 Å². The lowest BCUT2D eigenvalue weighted by Crippen LogP contribution is -2.28. The minimum Gasteiger partial charge on any atom is -0.326 e. The number of benzene rings is 2. The van der Waals surface area contributed by atoms with E-state index in [0.717, 1.165) is 16.8 Å². The zero-order valence-electron chi connectivity index (χ0n) is 15.2. The number of Topliss-reactive ketones (excluding diaryl/α,β-unsaturated/α-hetero) is 1. The molecule has 3 rings (SSSR count). The highest BCUT2D eigenvalue weighted by Gasteiger charge is 2.35. The Balaban J connectivity index is 1.69. The quantitative estimate of drug-likeness (QED) is 0.858. The van der Waals surface area contributed by atoms with Gasteiger partial charge in [0.1, 0.15) is 0 Å². The first-order valence-electron chi connectivity index (χ1n) is 8.64. The molecule has 0 spiro atoms. The van der Waals surface area contributed by atoms with Crippen LogP contribution in [0.3, 0.4) is 0 Å². The van der Waals surface area contributed by atoms with Gasteiger partial charge in [-0.3, -0.25) is 14.4 Å². The Kier molecular flexibility index (Phi) is 4.89. The van der Waals surface area contributed by atoms with E-state index in [1.165, 1.54) is 6.92 Å². The Morgan fingerprint density at radius 1 is 1.08 bits per heavy atom. The van der Waals surface area contributed by atoms with Crippen LogP contribution >= 0.6 is 0 Å². The van der Waals surface area contributed by atoms with Gasteiger partial charge in [-0.05, 0) is 56.7 Å². The van der Waals surface area contributed by atoms with Crippen LogP contribution in [0.4, 0.5) is 11.4 Å². The lowest BCUT2D eigenvalue weighted by atomic mass is 10.1. The summed E-state index contributed by atoms with van der Waals surface area (Å²) in [5.74, 6) is -0.630. The van der Waals surface area contributed by atoms with Crippen molar-refractivity contribution in [3.05, 3.63) is 59.2 Å². The topological polar surface area (TPSA) is 66.5 Å². The number of hydrogen-bond donors (Lipinski definition) is 1. The number of nitrogens with one attached hydrogen (secondary N) is 1. The van der Waals surface area contributed by atoms with E-state index in [9.17, 15) is 14.4 Å². The highest BCUT2D eigenvalue weighted by atomic mass is 16.2. The van der Waals surface area contributed by atoms with E-state index in [2.05, 4.69) is 5.32 Å². The third-order valence-corrected chi connectivity index (χ3v) is 4.70. The fraction of sp³-hybridized carbons (Fsp3) is 0.286. The Hall–Kier alpha value is -2.95. The summed E-state index contributed by atoms with van der Waals surface area (Å²) in [6.45, 7) is 5.86. The minimum atomic E-state index is -0.393. The molecule has 26 heavy (non-hydrogen) atoms. The van der Waals surface area contributed by atoms with Crippen LogP contribution in [0.25, 0.3) is 0 Å². The predicted octanol–water partition coefficient (Wildman–Crippen LogP) is 3.50. The van der Waals surface area contributed by atoms with Crippen molar-refractivity contribution in [2.45, 2.75) is 27.2 Å². The summed E-state index contributed by atoms with van der Waals surface area (Å²) in [4.78, 5) is 38.0. The summed E-state index contributed by atoms with van der Waals surface area (Å²) < 4.78 is 0. The molecule has 5 heteroatoms. The number of carbonyl (C=O) groups excluding carboxylic acids is 3. The van der Waals surface area contributed by atoms with Gasteiger partial charge in [0.25, 0.3) is 0 Å². The van der Waals surface area contributed by atoms with E-state index in [0.29, 0.717) is 17.8 Å². The van der Waals surface area contributed by atoms with Crippen LogP contribution in [0, 0.1) is 19.8 Å². The molecular weight excluding hydrogens is 328 g/mol. The Labute approximate surface area is 153 Å². The fourth-order valence-corrected chi connectivity index (χ4v) is 3.26. The van der Waals surface area contributed by atoms with Gasteiger partial charge in [0.05, 0.1) is 5.92 Å². The summed E-state index contributed by atoms with van der Waals surface area (Å²) in [5, 5.41) is 2.84. The molecule has 1 heterocycles. The summed E-state index contributed by atoms with van der Waals surface area (Å²) in [6.07, 6.45) is 0.199. The van der Waals surface area contributed by atoms with Gasteiger partial charge in [0, 0.05) is 29.9 Å². The van der Waals surface area contributed by atoms with Crippen molar-refractivity contribution >= 4 is 29.0 Å². The third-order valence-electron chi connectivity index (χ3n) is 4.70. The van der Waals surface area contributed by atoms with Gasteiger partial charge < -0.3 is 10.2 Å². The first kappa shape index (κ1) is 17.9. The molecule has 5 nitrogen and oxygen atoms in total.